The molecular weight excluding hydrogens is 338 g/mol. The molecule has 0 spiro atoms. The highest BCUT2D eigenvalue weighted by Crippen LogP contribution is 2.23. The number of nitrogens with one attached hydrogen (secondary N) is 1. The fourth-order valence-electron chi connectivity index (χ4n) is 4.26. The van der Waals surface area contributed by atoms with Gasteiger partial charge in [-0.05, 0) is 62.1 Å². The zero-order valence-corrected chi connectivity index (χ0v) is 16.4. The average molecular weight is 370 g/mol. The van der Waals surface area contributed by atoms with Gasteiger partial charge < -0.3 is 10.2 Å². The molecule has 146 valence electrons. The maximum absolute atomic E-state index is 12.7. The number of aryl methyl sites for hydroxylation is 2. The van der Waals surface area contributed by atoms with Gasteiger partial charge in [-0.3, -0.25) is 14.5 Å². The maximum atomic E-state index is 12.7. The average Bonchev–Trinajstić information content (AvgIpc) is 3.51. The van der Waals surface area contributed by atoms with E-state index in [1.165, 1.54) is 30.4 Å². The van der Waals surface area contributed by atoms with E-state index in [1.807, 2.05) is 11.8 Å². The van der Waals surface area contributed by atoms with E-state index in [0.29, 0.717) is 25.6 Å². The fraction of sp³-hybridized carbons (Fsp3) is 0.636. The molecule has 3 aliphatic rings. The van der Waals surface area contributed by atoms with E-state index in [1.54, 1.807) is 0 Å². The van der Waals surface area contributed by atoms with Crippen LogP contribution >= 0.6 is 0 Å². The molecular formula is C22H31N3O2. The second-order valence-corrected chi connectivity index (χ2v) is 8.36. The smallest absolute Gasteiger partial charge is 0.237 e. The molecule has 1 atom stereocenters. The molecule has 2 amide bonds. The molecule has 1 aliphatic heterocycles. The lowest BCUT2D eigenvalue weighted by Crippen LogP contribution is -2.55. The van der Waals surface area contributed by atoms with Crippen LogP contribution in [0.1, 0.15) is 49.3 Å². The Morgan fingerprint density at radius 3 is 2.48 bits per heavy atom. The van der Waals surface area contributed by atoms with Crippen LogP contribution in [0.2, 0.25) is 0 Å². The number of benzene rings is 1. The Hall–Kier alpha value is -1.88. The van der Waals surface area contributed by atoms with Crippen molar-refractivity contribution in [2.45, 2.75) is 64.0 Å². The maximum Gasteiger partial charge on any atom is 0.237 e. The van der Waals surface area contributed by atoms with Gasteiger partial charge in [-0.1, -0.05) is 18.2 Å². The van der Waals surface area contributed by atoms with Crippen molar-refractivity contribution in [3.05, 3.63) is 34.9 Å². The summed E-state index contributed by atoms with van der Waals surface area (Å²) < 4.78 is 0. The standard InChI is InChI=1S/C22H31N3O2/c1-16(22(27)23-20-8-9-20)24-10-12-25(13-11-24)21(26)15-17-6-7-18-4-2-3-5-19(18)14-17/h6-7,14,16,20H,2-5,8-13,15H2,1H3,(H,23,27). The number of piperazine rings is 1. The van der Waals surface area contributed by atoms with Crippen molar-refractivity contribution in [2.24, 2.45) is 0 Å². The molecule has 1 saturated heterocycles. The van der Waals surface area contributed by atoms with E-state index < -0.39 is 0 Å². The van der Waals surface area contributed by atoms with Crippen LogP contribution in [0.5, 0.6) is 0 Å². The van der Waals surface area contributed by atoms with Gasteiger partial charge in [0.05, 0.1) is 12.5 Å². The predicted octanol–water partition coefficient (Wildman–Crippen LogP) is 1.92. The summed E-state index contributed by atoms with van der Waals surface area (Å²) in [6.07, 6.45) is 7.60. The summed E-state index contributed by atoms with van der Waals surface area (Å²) in [4.78, 5) is 29.1. The molecule has 1 aromatic carbocycles. The predicted molar refractivity (Wildman–Crippen MR) is 106 cm³/mol. The molecule has 2 aliphatic carbocycles. The quantitative estimate of drug-likeness (QED) is 0.863. The highest BCUT2D eigenvalue weighted by molar-refractivity contribution is 5.82. The number of hydrogen-bond donors (Lipinski definition) is 1. The Kier molecular flexibility index (Phi) is 5.48. The third-order valence-corrected chi connectivity index (χ3v) is 6.29. The second-order valence-electron chi connectivity index (χ2n) is 8.36. The van der Waals surface area contributed by atoms with Crippen molar-refractivity contribution in [3.8, 4) is 0 Å². The minimum atomic E-state index is -0.108. The zero-order valence-electron chi connectivity index (χ0n) is 16.4. The summed E-state index contributed by atoms with van der Waals surface area (Å²) >= 11 is 0. The molecule has 1 saturated carbocycles. The van der Waals surface area contributed by atoms with Crippen LogP contribution in [0, 0.1) is 0 Å². The van der Waals surface area contributed by atoms with Gasteiger partial charge in [-0.2, -0.15) is 0 Å². The minimum Gasteiger partial charge on any atom is -0.352 e. The lowest BCUT2D eigenvalue weighted by Gasteiger charge is -2.37. The van der Waals surface area contributed by atoms with Crippen molar-refractivity contribution in [2.75, 3.05) is 26.2 Å². The van der Waals surface area contributed by atoms with Gasteiger partial charge in [-0.25, -0.2) is 0 Å². The van der Waals surface area contributed by atoms with Crippen molar-refractivity contribution < 1.29 is 9.59 Å². The summed E-state index contributed by atoms with van der Waals surface area (Å²) in [5, 5.41) is 3.08. The van der Waals surface area contributed by atoms with Crippen molar-refractivity contribution in [3.63, 3.8) is 0 Å². The van der Waals surface area contributed by atoms with E-state index >= 15 is 0 Å². The van der Waals surface area contributed by atoms with Gasteiger partial charge in [0, 0.05) is 32.2 Å². The normalized spacial score (nSPS) is 21.4. The Balaban J connectivity index is 1.27. The Morgan fingerprint density at radius 1 is 1.07 bits per heavy atom. The highest BCUT2D eigenvalue weighted by Gasteiger charge is 2.30. The number of carbonyl (C=O) groups is 2. The first kappa shape index (κ1) is 18.5. The van der Waals surface area contributed by atoms with Gasteiger partial charge in [0.2, 0.25) is 11.8 Å². The molecule has 0 bridgehead atoms. The summed E-state index contributed by atoms with van der Waals surface area (Å²) in [5.74, 6) is 0.340. The monoisotopic (exact) mass is 369 g/mol. The van der Waals surface area contributed by atoms with Gasteiger partial charge in [0.25, 0.3) is 0 Å². The van der Waals surface area contributed by atoms with Crippen LogP contribution in [0.15, 0.2) is 18.2 Å². The van der Waals surface area contributed by atoms with Crippen LogP contribution < -0.4 is 5.32 Å². The number of hydrogen-bond acceptors (Lipinski definition) is 3. The lowest BCUT2D eigenvalue weighted by atomic mass is 9.90. The molecule has 0 aromatic heterocycles. The van der Waals surface area contributed by atoms with Crippen LogP contribution in [-0.2, 0) is 28.9 Å². The summed E-state index contributed by atoms with van der Waals surface area (Å²) in [5.41, 5.74) is 4.04. The first-order chi connectivity index (χ1) is 13.1. The highest BCUT2D eigenvalue weighted by atomic mass is 16.2. The molecule has 1 unspecified atom stereocenters. The van der Waals surface area contributed by atoms with Crippen molar-refractivity contribution in [1.82, 2.24) is 15.1 Å². The molecule has 1 heterocycles. The third kappa shape index (κ3) is 4.52. The van der Waals surface area contributed by atoms with E-state index in [9.17, 15) is 9.59 Å². The summed E-state index contributed by atoms with van der Waals surface area (Å²) in [7, 11) is 0. The molecule has 5 heteroatoms. The Morgan fingerprint density at radius 2 is 1.78 bits per heavy atom. The van der Waals surface area contributed by atoms with Crippen molar-refractivity contribution in [1.29, 1.82) is 0 Å². The molecule has 4 rings (SSSR count). The van der Waals surface area contributed by atoms with E-state index in [4.69, 9.17) is 0 Å². The van der Waals surface area contributed by atoms with Gasteiger partial charge >= 0.3 is 0 Å². The molecule has 27 heavy (non-hydrogen) atoms. The molecule has 0 radical (unpaired) electrons. The topological polar surface area (TPSA) is 52.7 Å². The van der Waals surface area contributed by atoms with Crippen LogP contribution in [0.3, 0.4) is 0 Å². The lowest BCUT2D eigenvalue weighted by molar-refractivity contribution is -0.133. The Labute approximate surface area is 162 Å². The van der Waals surface area contributed by atoms with Crippen LogP contribution in [0.4, 0.5) is 0 Å². The molecule has 1 N–H and O–H groups in total. The second kappa shape index (κ2) is 8.01. The van der Waals surface area contributed by atoms with Crippen molar-refractivity contribution >= 4 is 11.8 Å². The molecule has 2 fully saturated rings. The fourth-order valence-corrected chi connectivity index (χ4v) is 4.26. The number of rotatable bonds is 5. The van der Waals surface area contributed by atoms with Crippen LogP contribution in [0.25, 0.3) is 0 Å². The van der Waals surface area contributed by atoms with Crippen LogP contribution in [-0.4, -0.2) is 59.9 Å². The van der Waals surface area contributed by atoms with E-state index in [-0.39, 0.29) is 17.9 Å². The zero-order chi connectivity index (χ0) is 18.8. The molecule has 5 nitrogen and oxygen atoms in total. The van der Waals surface area contributed by atoms with E-state index in [0.717, 1.165) is 37.9 Å². The SMILES string of the molecule is CC(C(=O)NC1CC1)N1CCN(C(=O)Cc2ccc3c(c2)CCCC3)CC1. The molecule has 1 aromatic rings. The summed E-state index contributed by atoms with van der Waals surface area (Å²) in [6, 6.07) is 6.88. The number of fused-ring (bicyclic) bond motifs is 1. The number of nitrogens with zero attached hydrogens (tertiary/aromatic N) is 2. The van der Waals surface area contributed by atoms with Gasteiger partial charge in [0.15, 0.2) is 0 Å². The van der Waals surface area contributed by atoms with Gasteiger partial charge in [-0.15, -0.1) is 0 Å². The third-order valence-electron chi connectivity index (χ3n) is 6.29. The van der Waals surface area contributed by atoms with Gasteiger partial charge in [0.1, 0.15) is 0 Å². The Bertz CT molecular complexity index is 706. The largest absolute Gasteiger partial charge is 0.352 e. The number of carbonyl (C=O) groups excluding carboxylic acids is 2. The van der Waals surface area contributed by atoms with E-state index in [2.05, 4.69) is 28.4 Å². The minimum absolute atomic E-state index is 0.108. The number of amides is 2. The summed E-state index contributed by atoms with van der Waals surface area (Å²) in [6.45, 7) is 4.95. The first-order valence-electron chi connectivity index (χ1n) is 10.5. The first-order valence-corrected chi connectivity index (χ1v) is 10.5.